The maximum Gasteiger partial charge on any atom is 0.251 e. The minimum atomic E-state index is -0.778. The van der Waals surface area contributed by atoms with Gasteiger partial charge in [0.25, 0.3) is 5.91 Å². The Kier molecular flexibility index (Phi) is 3.30. The third-order valence-corrected chi connectivity index (χ3v) is 4.77. The molecule has 3 heterocycles. The summed E-state index contributed by atoms with van der Waals surface area (Å²) in [6.45, 7) is 4.63. The van der Waals surface area contributed by atoms with Crippen LogP contribution in [0.1, 0.15) is 12.8 Å². The van der Waals surface area contributed by atoms with Crippen molar-refractivity contribution in [3.05, 3.63) is 0 Å². The molecule has 0 bridgehead atoms. The summed E-state index contributed by atoms with van der Waals surface area (Å²) in [5.74, 6) is 0.730. The first-order valence-electron chi connectivity index (χ1n) is 6.91. The molecule has 0 radical (unpaired) electrons. The highest BCUT2D eigenvalue weighted by atomic mass is 16.5. The van der Waals surface area contributed by atoms with Crippen molar-refractivity contribution in [2.24, 2.45) is 11.8 Å². The summed E-state index contributed by atoms with van der Waals surface area (Å²) in [5.41, 5.74) is 0. The van der Waals surface area contributed by atoms with E-state index in [0.717, 1.165) is 51.6 Å². The molecule has 0 aromatic heterocycles. The first-order chi connectivity index (χ1) is 8.66. The van der Waals surface area contributed by atoms with Crippen molar-refractivity contribution in [3.63, 3.8) is 0 Å². The van der Waals surface area contributed by atoms with E-state index in [4.69, 9.17) is 4.74 Å². The summed E-state index contributed by atoms with van der Waals surface area (Å²) in [5, 5.41) is 9.92. The van der Waals surface area contributed by atoms with Crippen LogP contribution in [-0.2, 0) is 9.53 Å². The van der Waals surface area contributed by atoms with Gasteiger partial charge in [-0.2, -0.15) is 0 Å². The molecule has 0 aromatic rings. The van der Waals surface area contributed by atoms with Gasteiger partial charge in [-0.3, -0.25) is 4.79 Å². The number of likely N-dealkylation sites (N-methyl/N-ethyl adjacent to an activating group) is 1. The molecule has 0 aromatic carbocycles. The van der Waals surface area contributed by atoms with Crippen molar-refractivity contribution >= 4 is 5.91 Å². The lowest BCUT2D eigenvalue weighted by Gasteiger charge is -2.28. The molecule has 3 fully saturated rings. The van der Waals surface area contributed by atoms with Gasteiger partial charge in [0.05, 0.1) is 6.04 Å². The van der Waals surface area contributed by atoms with Crippen LogP contribution in [0.5, 0.6) is 0 Å². The van der Waals surface area contributed by atoms with E-state index in [-0.39, 0.29) is 17.9 Å². The molecule has 102 valence electrons. The normalized spacial score (nSPS) is 38.4. The Labute approximate surface area is 108 Å². The standard InChI is InChI=1S/C13H22N2O3/c1-14-11-8-15(6-9-2-4-18-5-3-9)7-10(11)12(16)13(14)17/h9-12,16H,2-8H2,1H3/t10-,11+,12-/m0/s1. The van der Waals surface area contributed by atoms with Gasteiger partial charge in [0.15, 0.2) is 0 Å². The van der Waals surface area contributed by atoms with Crippen molar-refractivity contribution < 1.29 is 14.6 Å². The van der Waals surface area contributed by atoms with Crippen LogP contribution in [0.25, 0.3) is 0 Å². The number of likely N-dealkylation sites (tertiary alicyclic amines) is 2. The second kappa shape index (κ2) is 4.79. The minimum absolute atomic E-state index is 0.101. The Morgan fingerprint density at radius 1 is 1.33 bits per heavy atom. The number of nitrogens with zero attached hydrogens (tertiary/aromatic N) is 2. The van der Waals surface area contributed by atoms with E-state index >= 15 is 0 Å². The molecule has 1 amide bonds. The number of rotatable bonds is 2. The molecule has 0 saturated carbocycles. The van der Waals surface area contributed by atoms with Crippen molar-refractivity contribution in [3.8, 4) is 0 Å². The fraction of sp³-hybridized carbons (Fsp3) is 0.923. The Morgan fingerprint density at radius 2 is 2.06 bits per heavy atom. The molecule has 5 nitrogen and oxygen atoms in total. The van der Waals surface area contributed by atoms with Crippen molar-refractivity contribution in [1.29, 1.82) is 0 Å². The topological polar surface area (TPSA) is 53.0 Å². The van der Waals surface area contributed by atoms with Crippen LogP contribution in [0, 0.1) is 11.8 Å². The number of carbonyl (C=O) groups is 1. The summed E-state index contributed by atoms with van der Waals surface area (Å²) in [4.78, 5) is 15.8. The van der Waals surface area contributed by atoms with Gasteiger partial charge in [-0.05, 0) is 18.8 Å². The smallest absolute Gasteiger partial charge is 0.251 e. The summed E-state index contributed by atoms with van der Waals surface area (Å²) < 4.78 is 5.38. The number of hydrogen-bond acceptors (Lipinski definition) is 4. The maximum absolute atomic E-state index is 11.7. The zero-order valence-electron chi connectivity index (χ0n) is 10.9. The average molecular weight is 254 g/mol. The molecule has 3 saturated heterocycles. The third-order valence-electron chi connectivity index (χ3n) is 4.77. The summed E-state index contributed by atoms with van der Waals surface area (Å²) in [7, 11) is 1.81. The van der Waals surface area contributed by atoms with E-state index in [1.807, 2.05) is 7.05 Å². The molecule has 1 N–H and O–H groups in total. The number of aliphatic hydroxyl groups excluding tert-OH is 1. The van der Waals surface area contributed by atoms with Crippen LogP contribution in [0.15, 0.2) is 0 Å². The highest BCUT2D eigenvalue weighted by Crippen LogP contribution is 2.32. The van der Waals surface area contributed by atoms with Crippen LogP contribution in [0.3, 0.4) is 0 Å². The lowest BCUT2D eigenvalue weighted by molar-refractivity contribution is -0.135. The van der Waals surface area contributed by atoms with E-state index in [1.54, 1.807) is 4.90 Å². The Hall–Kier alpha value is -0.650. The fourth-order valence-electron chi connectivity index (χ4n) is 3.61. The highest BCUT2D eigenvalue weighted by Gasteiger charge is 2.50. The van der Waals surface area contributed by atoms with Gasteiger partial charge in [-0.1, -0.05) is 0 Å². The average Bonchev–Trinajstić information content (AvgIpc) is 2.88. The van der Waals surface area contributed by atoms with E-state index in [2.05, 4.69) is 4.90 Å². The molecule has 3 aliphatic heterocycles. The number of aliphatic hydroxyl groups is 1. The van der Waals surface area contributed by atoms with Gasteiger partial charge in [0.2, 0.25) is 0 Å². The molecule has 5 heteroatoms. The zero-order valence-corrected chi connectivity index (χ0v) is 10.9. The number of amides is 1. The molecule has 0 aliphatic carbocycles. The Morgan fingerprint density at radius 3 is 2.72 bits per heavy atom. The summed E-state index contributed by atoms with van der Waals surface area (Å²) in [6.07, 6.45) is 1.51. The van der Waals surface area contributed by atoms with E-state index in [1.165, 1.54) is 0 Å². The van der Waals surface area contributed by atoms with Crippen LogP contribution >= 0.6 is 0 Å². The predicted octanol–water partition coefficient (Wildman–Crippen LogP) is -0.454. The monoisotopic (exact) mass is 254 g/mol. The number of hydrogen-bond donors (Lipinski definition) is 1. The van der Waals surface area contributed by atoms with Gasteiger partial charge in [-0.15, -0.1) is 0 Å². The minimum Gasteiger partial charge on any atom is -0.383 e. The Bertz CT molecular complexity index is 310. The van der Waals surface area contributed by atoms with Crippen molar-refractivity contribution in [1.82, 2.24) is 9.80 Å². The van der Waals surface area contributed by atoms with E-state index in [0.29, 0.717) is 0 Å². The lowest BCUT2D eigenvalue weighted by Crippen LogP contribution is -2.38. The molecule has 18 heavy (non-hydrogen) atoms. The Balaban J connectivity index is 1.57. The van der Waals surface area contributed by atoms with Crippen molar-refractivity contribution in [2.45, 2.75) is 25.0 Å². The maximum atomic E-state index is 11.7. The molecule has 0 unspecified atom stereocenters. The zero-order chi connectivity index (χ0) is 12.7. The predicted molar refractivity (Wildman–Crippen MR) is 66.0 cm³/mol. The summed E-state index contributed by atoms with van der Waals surface area (Å²) >= 11 is 0. The quantitative estimate of drug-likeness (QED) is 0.725. The second-order valence-corrected chi connectivity index (χ2v) is 5.90. The molecular weight excluding hydrogens is 232 g/mol. The molecule has 3 rings (SSSR count). The SMILES string of the molecule is CN1C(=O)[C@@H](O)[C@H]2CN(CC3CCOCC3)C[C@H]21. The van der Waals surface area contributed by atoms with Gasteiger partial charge in [0.1, 0.15) is 6.10 Å². The van der Waals surface area contributed by atoms with Crippen LogP contribution in [0.4, 0.5) is 0 Å². The first kappa shape index (κ1) is 12.4. The van der Waals surface area contributed by atoms with Crippen LogP contribution in [0.2, 0.25) is 0 Å². The molecule has 3 aliphatic rings. The van der Waals surface area contributed by atoms with E-state index < -0.39 is 6.10 Å². The number of carbonyl (C=O) groups excluding carboxylic acids is 1. The van der Waals surface area contributed by atoms with Gasteiger partial charge < -0.3 is 19.6 Å². The molecule has 3 atom stereocenters. The number of fused-ring (bicyclic) bond motifs is 1. The second-order valence-electron chi connectivity index (χ2n) is 5.90. The van der Waals surface area contributed by atoms with Gasteiger partial charge in [-0.25, -0.2) is 0 Å². The fourth-order valence-corrected chi connectivity index (χ4v) is 3.61. The lowest BCUT2D eigenvalue weighted by atomic mass is 9.99. The van der Waals surface area contributed by atoms with Gasteiger partial charge >= 0.3 is 0 Å². The first-order valence-corrected chi connectivity index (χ1v) is 6.91. The van der Waals surface area contributed by atoms with E-state index in [9.17, 15) is 9.90 Å². The van der Waals surface area contributed by atoms with Crippen LogP contribution in [-0.4, -0.2) is 72.9 Å². The highest BCUT2D eigenvalue weighted by molar-refractivity contribution is 5.84. The molecule has 0 spiro atoms. The van der Waals surface area contributed by atoms with Crippen LogP contribution < -0.4 is 0 Å². The van der Waals surface area contributed by atoms with Gasteiger partial charge in [0, 0.05) is 45.8 Å². The van der Waals surface area contributed by atoms with Crippen molar-refractivity contribution in [2.75, 3.05) is 39.9 Å². The summed E-state index contributed by atoms with van der Waals surface area (Å²) in [6, 6.07) is 0.215. The molecular formula is C13H22N2O3. The third kappa shape index (κ3) is 2.04. The largest absolute Gasteiger partial charge is 0.383 e. The number of ether oxygens (including phenoxy) is 1.